The van der Waals surface area contributed by atoms with Crippen LogP contribution in [0.5, 0.6) is 5.88 Å². The van der Waals surface area contributed by atoms with Gasteiger partial charge in [0.1, 0.15) is 0 Å². The van der Waals surface area contributed by atoms with Gasteiger partial charge in [-0.05, 0) is 37.6 Å². The monoisotopic (exact) mass is 276 g/mol. The van der Waals surface area contributed by atoms with E-state index in [9.17, 15) is 0 Å². The summed E-state index contributed by atoms with van der Waals surface area (Å²) in [7, 11) is 1.64. The van der Waals surface area contributed by atoms with Gasteiger partial charge < -0.3 is 10.1 Å². The Labute approximate surface area is 118 Å². The van der Waals surface area contributed by atoms with Gasteiger partial charge in [0, 0.05) is 28.1 Å². The Morgan fingerprint density at radius 1 is 1.32 bits per heavy atom. The summed E-state index contributed by atoms with van der Waals surface area (Å²) < 4.78 is 5.08. The lowest BCUT2D eigenvalue weighted by molar-refractivity contribution is 0.397. The molecular weight excluding hydrogens is 256 g/mol. The number of rotatable bonds is 6. The number of thiophene rings is 1. The molecule has 0 saturated carbocycles. The molecule has 0 fully saturated rings. The lowest BCUT2D eigenvalue weighted by Gasteiger charge is -2.16. The minimum Gasteiger partial charge on any atom is -0.481 e. The van der Waals surface area contributed by atoms with Crippen LogP contribution in [0.3, 0.4) is 0 Å². The van der Waals surface area contributed by atoms with Crippen LogP contribution in [0, 0.1) is 6.92 Å². The van der Waals surface area contributed by atoms with Gasteiger partial charge in [-0.15, -0.1) is 11.3 Å². The number of aryl methyl sites for hydroxylation is 1. The fraction of sp³-hybridized carbons (Fsp3) is 0.400. The SMILES string of the molecule is CCNC(Cc1ccc(OC)nc1)c1ccc(C)s1. The van der Waals surface area contributed by atoms with Crippen molar-refractivity contribution in [2.24, 2.45) is 0 Å². The van der Waals surface area contributed by atoms with Gasteiger partial charge in [-0.1, -0.05) is 13.0 Å². The van der Waals surface area contributed by atoms with Gasteiger partial charge in [-0.3, -0.25) is 0 Å². The van der Waals surface area contributed by atoms with Crippen molar-refractivity contribution in [2.45, 2.75) is 26.3 Å². The number of ether oxygens (including phenoxy) is 1. The molecule has 0 aliphatic rings. The fourth-order valence-electron chi connectivity index (χ4n) is 2.05. The predicted octanol–water partition coefficient (Wildman–Crippen LogP) is 3.35. The predicted molar refractivity (Wildman–Crippen MR) is 80.0 cm³/mol. The van der Waals surface area contributed by atoms with Gasteiger partial charge >= 0.3 is 0 Å². The number of methoxy groups -OCH3 is 1. The quantitative estimate of drug-likeness (QED) is 0.878. The van der Waals surface area contributed by atoms with Crippen molar-refractivity contribution >= 4 is 11.3 Å². The van der Waals surface area contributed by atoms with Crippen LogP contribution in [0.1, 0.15) is 28.3 Å². The summed E-state index contributed by atoms with van der Waals surface area (Å²) in [6.45, 7) is 5.25. The Kier molecular flexibility index (Phi) is 4.93. The average Bonchev–Trinajstić information content (AvgIpc) is 2.86. The summed E-state index contributed by atoms with van der Waals surface area (Å²) in [6, 6.07) is 8.74. The molecule has 0 aromatic carbocycles. The van der Waals surface area contributed by atoms with Gasteiger partial charge in [-0.2, -0.15) is 0 Å². The lowest BCUT2D eigenvalue weighted by Crippen LogP contribution is -2.22. The highest BCUT2D eigenvalue weighted by molar-refractivity contribution is 7.12. The number of pyridine rings is 1. The van der Waals surface area contributed by atoms with Gasteiger partial charge in [0.05, 0.1) is 7.11 Å². The molecule has 102 valence electrons. The first kappa shape index (κ1) is 14.0. The Morgan fingerprint density at radius 2 is 2.16 bits per heavy atom. The van der Waals surface area contributed by atoms with E-state index in [-0.39, 0.29) is 0 Å². The fourth-order valence-corrected chi connectivity index (χ4v) is 3.00. The lowest BCUT2D eigenvalue weighted by atomic mass is 10.1. The summed E-state index contributed by atoms with van der Waals surface area (Å²) in [4.78, 5) is 7.00. The molecule has 1 N–H and O–H groups in total. The zero-order valence-electron chi connectivity index (χ0n) is 11.6. The third-order valence-electron chi connectivity index (χ3n) is 3.00. The standard InChI is InChI=1S/C15H20N2OS/c1-4-16-13(14-7-5-11(2)19-14)9-12-6-8-15(18-3)17-10-12/h5-8,10,13,16H,4,9H2,1-3H3. The molecule has 19 heavy (non-hydrogen) atoms. The summed E-state index contributed by atoms with van der Waals surface area (Å²) in [5.41, 5.74) is 1.22. The summed E-state index contributed by atoms with van der Waals surface area (Å²) in [5, 5.41) is 3.54. The normalized spacial score (nSPS) is 12.4. The van der Waals surface area contributed by atoms with Crippen LogP contribution in [-0.4, -0.2) is 18.6 Å². The number of nitrogens with one attached hydrogen (secondary N) is 1. The highest BCUT2D eigenvalue weighted by Crippen LogP contribution is 2.25. The Hall–Kier alpha value is -1.39. The molecule has 2 aromatic heterocycles. The van der Waals surface area contributed by atoms with E-state index in [0.717, 1.165) is 13.0 Å². The van der Waals surface area contributed by atoms with Crippen molar-refractivity contribution in [3.05, 3.63) is 45.8 Å². The van der Waals surface area contributed by atoms with Crippen LogP contribution >= 0.6 is 11.3 Å². The van der Waals surface area contributed by atoms with E-state index < -0.39 is 0 Å². The van der Waals surface area contributed by atoms with E-state index in [4.69, 9.17) is 4.74 Å². The minimum absolute atomic E-state index is 0.360. The molecule has 0 bridgehead atoms. The zero-order valence-corrected chi connectivity index (χ0v) is 12.5. The molecule has 2 aromatic rings. The number of likely N-dealkylation sites (N-methyl/N-ethyl adjacent to an activating group) is 1. The molecule has 1 unspecified atom stereocenters. The second-order valence-corrected chi connectivity index (χ2v) is 5.79. The second kappa shape index (κ2) is 6.68. The van der Waals surface area contributed by atoms with Gasteiger partial charge in [0.15, 0.2) is 0 Å². The molecule has 0 saturated heterocycles. The molecule has 0 spiro atoms. The van der Waals surface area contributed by atoms with Crippen LogP contribution in [0.2, 0.25) is 0 Å². The molecule has 0 amide bonds. The van der Waals surface area contributed by atoms with E-state index in [1.807, 2.05) is 23.6 Å². The topological polar surface area (TPSA) is 34.1 Å². The van der Waals surface area contributed by atoms with Crippen LogP contribution < -0.4 is 10.1 Å². The number of nitrogens with zero attached hydrogens (tertiary/aromatic N) is 1. The average molecular weight is 276 g/mol. The Morgan fingerprint density at radius 3 is 2.68 bits per heavy atom. The van der Waals surface area contributed by atoms with Gasteiger partial charge in [0.25, 0.3) is 0 Å². The molecule has 3 nitrogen and oxygen atoms in total. The smallest absolute Gasteiger partial charge is 0.212 e. The first-order valence-electron chi connectivity index (χ1n) is 6.51. The van der Waals surface area contributed by atoms with E-state index in [1.54, 1.807) is 7.11 Å². The zero-order chi connectivity index (χ0) is 13.7. The Bertz CT molecular complexity index is 507. The van der Waals surface area contributed by atoms with Crippen molar-refractivity contribution in [3.8, 4) is 5.88 Å². The number of aromatic nitrogens is 1. The first-order chi connectivity index (χ1) is 9.22. The summed E-state index contributed by atoms with van der Waals surface area (Å²) in [5.74, 6) is 0.663. The molecule has 2 rings (SSSR count). The maximum atomic E-state index is 5.08. The maximum absolute atomic E-state index is 5.08. The van der Waals surface area contributed by atoms with Gasteiger partial charge in [0.2, 0.25) is 5.88 Å². The van der Waals surface area contributed by atoms with Crippen LogP contribution in [-0.2, 0) is 6.42 Å². The van der Waals surface area contributed by atoms with E-state index in [1.165, 1.54) is 15.3 Å². The van der Waals surface area contributed by atoms with Gasteiger partial charge in [-0.25, -0.2) is 4.98 Å². The third-order valence-corrected chi connectivity index (χ3v) is 4.12. The Balaban J connectivity index is 2.11. The van der Waals surface area contributed by atoms with Crippen LogP contribution in [0.4, 0.5) is 0 Å². The largest absolute Gasteiger partial charge is 0.481 e. The molecule has 1 atom stereocenters. The molecule has 4 heteroatoms. The highest BCUT2D eigenvalue weighted by Gasteiger charge is 2.13. The maximum Gasteiger partial charge on any atom is 0.212 e. The van der Waals surface area contributed by atoms with E-state index >= 15 is 0 Å². The van der Waals surface area contributed by atoms with Crippen molar-refractivity contribution in [2.75, 3.05) is 13.7 Å². The number of hydrogen-bond donors (Lipinski definition) is 1. The second-order valence-electron chi connectivity index (χ2n) is 4.47. The van der Waals surface area contributed by atoms with E-state index in [2.05, 4.69) is 42.3 Å². The van der Waals surface area contributed by atoms with Crippen molar-refractivity contribution < 1.29 is 4.74 Å². The van der Waals surface area contributed by atoms with Crippen LogP contribution in [0.15, 0.2) is 30.5 Å². The molecule has 0 aliphatic carbocycles. The molecular formula is C15H20N2OS. The van der Waals surface area contributed by atoms with Crippen molar-refractivity contribution in [1.82, 2.24) is 10.3 Å². The van der Waals surface area contributed by atoms with Crippen LogP contribution in [0.25, 0.3) is 0 Å². The molecule has 2 heterocycles. The molecule has 0 aliphatic heterocycles. The van der Waals surface area contributed by atoms with E-state index in [0.29, 0.717) is 11.9 Å². The first-order valence-corrected chi connectivity index (χ1v) is 7.33. The molecule has 0 radical (unpaired) electrons. The summed E-state index contributed by atoms with van der Waals surface area (Å²) >= 11 is 1.86. The minimum atomic E-state index is 0.360. The number of hydrogen-bond acceptors (Lipinski definition) is 4. The third kappa shape index (κ3) is 3.78. The highest BCUT2D eigenvalue weighted by atomic mass is 32.1. The van der Waals surface area contributed by atoms with Crippen molar-refractivity contribution in [3.63, 3.8) is 0 Å². The summed E-state index contributed by atoms with van der Waals surface area (Å²) in [6.07, 6.45) is 2.84. The van der Waals surface area contributed by atoms with Crippen molar-refractivity contribution in [1.29, 1.82) is 0 Å².